The Labute approximate surface area is 99.6 Å². The van der Waals surface area contributed by atoms with Gasteiger partial charge in [0.15, 0.2) is 0 Å². The van der Waals surface area contributed by atoms with E-state index in [1.807, 2.05) is 6.07 Å². The van der Waals surface area contributed by atoms with E-state index in [0.717, 1.165) is 0 Å². The van der Waals surface area contributed by atoms with Gasteiger partial charge in [0, 0.05) is 0 Å². The fourth-order valence-electron chi connectivity index (χ4n) is 1.32. The standard InChI is InChI=1S/C12H16N2O3/c1-8(10(15)16)14-11(17)12(2,13)9-6-4-3-5-7-9/h3-8H,13H2,1-2H3,(H,14,17)(H,15,16). The van der Waals surface area contributed by atoms with Crippen LogP contribution in [0.15, 0.2) is 30.3 Å². The molecule has 0 aromatic heterocycles. The molecule has 0 bridgehead atoms. The quantitative estimate of drug-likeness (QED) is 0.707. The van der Waals surface area contributed by atoms with Crippen molar-refractivity contribution in [2.75, 3.05) is 0 Å². The summed E-state index contributed by atoms with van der Waals surface area (Å²) in [5.41, 5.74) is 5.31. The first-order valence-corrected chi connectivity index (χ1v) is 5.24. The molecule has 0 saturated carbocycles. The molecule has 0 aliphatic carbocycles. The lowest BCUT2D eigenvalue weighted by Crippen LogP contribution is -2.52. The Bertz CT molecular complexity index is 415. The van der Waals surface area contributed by atoms with Crippen molar-refractivity contribution in [2.24, 2.45) is 5.73 Å². The van der Waals surface area contributed by atoms with Crippen molar-refractivity contribution in [1.82, 2.24) is 5.32 Å². The Morgan fingerprint density at radius 1 is 1.35 bits per heavy atom. The Morgan fingerprint density at radius 3 is 2.35 bits per heavy atom. The minimum absolute atomic E-state index is 0.515. The van der Waals surface area contributed by atoms with Gasteiger partial charge in [0.05, 0.1) is 0 Å². The largest absolute Gasteiger partial charge is 0.480 e. The zero-order valence-electron chi connectivity index (χ0n) is 9.81. The molecule has 1 amide bonds. The molecular formula is C12H16N2O3. The summed E-state index contributed by atoms with van der Waals surface area (Å²) in [4.78, 5) is 22.5. The Hall–Kier alpha value is -1.88. The number of benzene rings is 1. The van der Waals surface area contributed by atoms with Crippen molar-refractivity contribution in [3.63, 3.8) is 0 Å². The number of carbonyl (C=O) groups is 2. The van der Waals surface area contributed by atoms with Gasteiger partial charge >= 0.3 is 5.97 Å². The maximum absolute atomic E-state index is 11.9. The average molecular weight is 236 g/mol. The van der Waals surface area contributed by atoms with Crippen molar-refractivity contribution in [2.45, 2.75) is 25.4 Å². The minimum Gasteiger partial charge on any atom is -0.480 e. The second-order valence-electron chi connectivity index (χ2n) is 4.10. The zero-order valence-corrected chi connectivity index (χ0v) is 9.81. The number of rotatable bonds is 4. The van der Waals surface area contributed by atoms with Crippen molar-refractivity contribution in [1.29, 1.82) is 0 Å². The number of hydrogen-bond donors (Lipinski definition) is 3. The maximum atomic E-state index is 11.9. The molecule has 1 aromatic carbocycles. The fourth-order valence-corrected chi connectivity index (χ4v) is 1.32. The lowest BCUT2D eigenvalue weighted by atomic mass is 9.92. The molecule has 2 unspecified atom stereocenters. The third kappa shape index (κ3) is 3.04. The summed E-state index contributed by atoms with van der Waals surface area (Å²) >= 11 is 0. The van der Waals surface area contributed by atoms with Gasteiger partial charge in [0.1, 0.15) is 11.6 Å². The van der Waals surface area contributed by atoms with Gasteiger partial charge in [-0.25, -0.2) is 0 Å². The normalized spacial score (nSPS) is 15.7. The van der Waals surface area contributed by atoms with Crippen LogP contribution in [0, 0.1) is 0 Å². The van der Waals surface area contributed by atoms with Crippen LogP contribution in [0.4, 0.5) is 0 Å². The highest BCUT2D eigenvalue weighted by Crippen LogP contribution is 2.17. The van der Waals surface area contributed by atoms with Crippen LogP contribution >= 0.6 is 0 Å². The van der Waals surface area contributed by atoms with Crippen LogP contribution in [0.5, 0.6) is 0 Å². The summed E-state index contributed by atoms with van der Waals surface area (Å²) in [7, 11) is 0. The van der Waals surface area contributed by atoms with Gasteiger partial charge in [0.25, 0.3) is 0 Å². The number of carboxylic acids is 1. The number of carboxylic acid groups (broad SMARTS) is 1. The zero-order chi connectivity index (χ0) is 13.1. The molecule has 1 aromatic rings. The predicted octanol–water partition coefficient (Wildman–Crippen LogP) is 0.450. The van der Waals surface area contributed by atoms with Gasteiger partial charge in [-0.2, -0.15) is 0 Å². The van der Waals surface area contributed by atoms with Crippen molar-refractivity contribution >= 4 is 11.9 Å². The van der Waals surface area contributed by atoms with Gasteiger partial charge in [-0.3, -0.25) is 9.59 Å². The first-order valence-electron chi connectivity index (χ1n) is 5.24. The SMILES string of the molecule is CC(NC(=O)C(C)(N)c1ccccc1)C(=O)O. The number of nitrogens with two attached hydrogens (primary N) is 1. The second-order valence-corrected chi connectivity index (χ2v) is 4.10. The molecule has 0 aliphatic heterocycles. The van der Waals surface area contributed by atoms with Crippen LogP contribution in [0.3, 0.4) is 0 Å². The number of nitrogens with one attached hydrogen (secondary N) is 1. The van der Waals surface area contributed by atoms with E-state index in [1.165, 1.54) is 6.92 Å². The second kappa shape index (κ2) is 4.97. The first-order chi connectivity index (χ1) is 7.85. The summed E-state index contributed by atoms with van der Waals surface area (Å²) in [6.07, 6.45) is 0. The lowest BCUT2D eigenvalue weighted by Gasteiger charge is -2.25. The third-order valence-corrected chi connectivity index (χ3v) is 2.56. The number of hydrogen-bond acceptors (Lipinski definition) is 3. The summed E-state index contributed by atoms with van der Waals surface area (Å²) in [5.74, 6) is -1.61. The first kappa shape index (κ1) is 13.2. The molecule has 0 spiro atoms. The smallest absolute Gasteiger partial charge is 0.325 e. The molecule has 0 saturated heterocycles. The fraction of sp³-hybridized carbons (Fsp3) is 0.333. The molecule has 5 heteroatoms. The molecule has 0 aliphatic rings. The third-order valence-electron chi connectivity index (χ3n) is 2.56. The number of amides is 1. The van der Waals surface area contributed by atoms with Gasteiger partial charge < -0.3 is 16.2 Å². The van der Waals surface area contributed by atoms with Crippen LogP contribution < -0.4 is 11.1 Å². The topological polar surface area (TPSA) is 92.4 Å². The van der Waals surface area contributed by atoms with E-state index in [-0.39, 0.29) is 0 Å². The molecule has 1 rings (SSSR count). The summed E-state index contributed by atoms with van der Waals surface area (Å²) < 4.78 is 0. The monoisotopic (exact) mass is 236 g/mol. The van der Waals surface area contributed by atoms with Gasteiger partial charge in [0.2, 0.25) is 5.91 Å². The maximum Gasteiger partial charge on any atom is 0.325 e. The van der Waals surface area contributed by atoms with E-state index < -0.39 is 23.5 Å². The molecule has 2 atom stereocenters. The highest BCUT2D eigenvalue weighted by molar-refractivity contribution is 5.90. The molecule has 0 radical (unpaired) electrons. The van der Waals surface area contributed by atoms with Crippen LogP contribution in [-0.2, 0) is 15.1 Å². The van der Waals surface area contributed by atoms with Gasteiger partial charge in [-0.1, -0.05) is 30.3 Å². The Balaban J connectivity index is 2.84. The molecular weight excluding hydrogens is 220 g/mol. The summed E-state index contributed by atoms with van der Waals surface area (Å²) in [6, 6.07) is 7.85. The number of carbonyl (C=O) groups excluding carboxylic acids is 1. The van der Waals surface area contributed by atoms with E-state index in [1.54, 1.807) is 31.2 Å². The van der Waals surface area contributed by atoms with E-state index in [0.29, 0.717) is 5.56 Å². The Kier molecular flexibility index (Phi) is 3.85. The predicted molar refractivity (Wildman–Crippen MR) is 63.2 cm³/mol. The van der Waals surface area contributed by atoms with Crippen LogP contribution in [0.2, 0.25) is 0 Å². The van der Waals surface area contributed by atoms with E-state index >= 15 is 0 Å². The van der Waals surface area contributed by atoms with Crippen LogP contribution in [0.1, 0.15) is 19.4 Å². The molecule has 5 nitrogen and oxygen atoms in total. The summed E-state index contributed by atoms with van der Waals surface area (Å²) in [6.45, 7) is 2.94. The van der Waals surface area contributed by atoms with Gasteiger partial charge in [-0.05, 0) is 19.4 Å². The highest BCUT2D eigenvalue weighted by Gasteiger charge is 2.32. The number of aliphatic carboxylic acids is 1. The molecule has 17 heavy (non-hydrogen) atoms. The molecule has 0 heterocycles. The highest BCUT2D eigenvalue weighted by atomic mass is 16.4. The van der Waals surface area contributed by atoms with Crippen molar-refractivity contribution in [3.8, 4) is 0 Å². The Morgan fingerprint density at radius 2 is 1.88 bits per heavy atom. The van der Waals surface area contributed by atoms with E-state index in [2.05, 4.69) is 5.32 Å². The molecule has 0 fully saturated rings. The van der Waals surface area contributed by atoms with Crippen LogP contribution in [-0.4, -0.2) is 23.0 Å². The molecule has 4 N–H and O–H groups in total. The lowest BCUT2D eigenvalue weighted by molar-refractivity contribution is -0.142. The summed E-state index contributed by atoms with van der Waals surface area (Å²) in [5, 5.41) is 11.1. The van der Waals surface area contributed by atoms with Crippen molar-refractivity contribution in [3.05, 3.63) is 35.9 Å². The minimum atomic E-state index is -1.25. The van der Waals surface area contributed by atoms with Gasteiger partial charge in [-0.15, -0.1) is 0 Å². The van der Waals surface area contributed by atoms with Crippen LogP contribution in [0.25, 0.3) is 0 Å². The average Bonchev–Trinajstić information content (AvgIpc) is 2.29. The van der Waals surface area contributed by atoms with Crippen molar-refractivity contribution < 1.29 is 14.7 Å². The van der Waals surface area contributed by atoms with E-state index in [4.69, 9.17) is 10.8 Å². The van der Waals surface area contributed by atoms with E-state index in [9.17, 15) is 9.59 Å². The molecule has 92 valence electrons.